The quantitative estimate of drug-likeness (QED) is 0.359. The Morgan fingerprint density at radius 1 is 1.23 bits per heavy atom. The minimum atomic E-state index is -3.93. The minimum Gasteiger partial charge on any atom is -0.469 e. The first-order valence-electron chi connectivity index (χ1n) is 10.2. The first kappa shape index (κ1) is 26.6. The van der Waals surface area contributed by atoms with Crippen LogP contribution in [0.25, 0.3) is 0 Å². The van der Waals surface area contributed by atoms with E-state index >= 15 is 0 Å². The Hall–Kier alpha value is -1.48. The van der Waals surface area contributed by atoms with Crippen LogP contribution in [0.1, 0.15) is 53.9 Å². The lowest BCUT2D eigenvalue weighted by Crippen LogP contribution is -2.51. The molecule has 3 atom stereocenters. The van der Waals surface area contributed by atoms with E-state index in [-0.39, 0.29) is 32.1 Å². The standard InChI is InChI=1S/C19H35N2O8P/c1-7-14(8-2)11-27-18(24)13(3)21-30(25)28-12-19(4,5)16(29-30)17(23)20-10-9-15(22)26-6/h13-14,16H,7-12H2,1-6H3,(H,20,23)(H,21,25)/t13-,16-,30-/m0/s1. The largest absolute Gasteiger partial charge is 0.469 e. The SMILES string of the molecule is CCC(CC)COC(=O)[C@H](C)N[P@]1(=O)OCC(C)(C)[C@H](C(=O)NCCC(=O)OC)O1. The topological polar surface area (TPSA) is 129 Å². The smallest absolute Gasteiger partial charge is 0.407 e. The second-order valence-corrected chi connectivity index (χ2v) is 9.75. The van der Waals surface area contributed by atoms with Crippen LogP contribution in [0.15, 0.2) is 0 Å². The van der Waals surface area contributed by atoms with Crippen LogP contribution in [0.4, 0.5) is 0 Å². The predicted molar refractivity (Wildman–Crippen MR) is 109 cm³/mol. The van der Waals surface area contributed by atoms with Crippen LogP contribution in [-0.2, 0) is 37.5 Å². The third kappa shape index (κ3) is 7.98. The maximum Gasteiger partial charge on any atom is 0.407 e. The third-order valence-electron chi connectivity index (χ3n) is 4.98. The van der Waals surface area contributed by atoms with Crippen LogP contribution in [0, 0.1) is 11.3 Å². The maximum absolute atomic E-state index is 13.0. The van der Waals surface area contributed by atoms with Crippen LogP contribution in [0.2, 0.25) is 0 Å². The predicted octanol–water partition coefficient (Wildman–Crippen LogP) is 2.17. The molecule has 174 valence electrons. The van der Waals surface area contributed by atoms with Gasteiger partial charge in [-0.05, 0) is 12.8 Å². The molecule has 0 aliphatic carbocycles. The summed E-state index contributed by atoms with van der Waals surface area (Å²) in [4.78, 5) is 36.0. The second-order valence-electron chi connectivity index (χ2n) is 8.03. The number of ether oxygens (including phenoxy) is 2. The summed E-state index contributed by atoms with van der Waals surface area (Å²) < 4.78 is 33.7. The van der Waals surface area contributed by atoms with E-state index in [4.69, 9.17) is 13.8 Å². The van der Waals surface area contributed by atoms with Gasteiger partial charge in [0.2, 0.25) is 5.91 Å². The van der Waals surface area contributed by atoms with Crippen molar-refractivity contribution in [2.24, 2.45) is 11.3 Å². The number of esters is 2. The highest BCUT2D eigenvalue weighted by atomic mass is 31.2. The van der Waals surface area contributed by atoms with E-state index in [1.54, 1.807) is 13.8 Å². The number of rotatable bonds is 11. The highest BCUT2D eigenvalue weighted by molar-refractivity contribution is 7.51. The van der Waals surface area contributed by atoms with Gasteiger partial charge in [0.1, 0.15) is 6.04 Å². The minimum absolute atomic E-state index is 0.00118. The van der Waals surface area contributed by atoms with Crippen molar-refractivity contribution < 1.29 is 37.5 Å². The fraction of sp³-hybridized carbons (Fsp3) is 0.842. The molecule has 0 bridgehead atoms. The first-order chi connectivity index (χ1) is 14.0. The molecular formula is C19H35N2O8P. The Morgan fingerprint density at radius 2 is 1.87 bits per heavy atom. The molecule has 2 N–H and O–H groups in total. The molecule has 0 aromatic heterocycles. The van der Waals surface area contributed by atoms with Gasteiger partial charge in [0.25, 0.3) is 0 Å². The van der Waals surface area contributed by atoms with Crippen LogP contribution < -0.4 is 10.4 Å². The molecule has 0 aromatic carbocycles. The molecule has 0 unspecified atom stereocenters. The van der Waals surface area contributed by atoms with Gasteiger partial charge in [-0.15, -0.1) is 0 Å². The van der Waals surface area contributed by atoms with Gasteiger partial charge in [-0.25, -0.2) is 9.65 Å². The lowest BCUT2D eigenvalue weighted by atomic mass is 9.87. The summed E-state index contributed by atoms with van der Waals surface area (Å²) in [5.74, 6) is -1.31. The van der Waals surface area contributed by atoms with E-state index in [1.165, 1.54) is 14.0 Å². The molecule has 1 fully saturated rings. The van der Waals surface area contributed by atoms with E-state index < -0.39 is 43.2 Å². The molecule has 0 radical (unpaired) electrons. The van der Waals surface area contributed by atoms with Crippen LogP contribution in [0.3, 0.4) is 0 Å². The van der Waals surface area contributed by atoms with Gasteiger partial charge in [0.15, 0.2) is 6.10 Å². The molecule has 1 heterocycles. The van der Waals surface area contributed by atoms with Crippen molar-refractivity contribution in [1.29, 1.82) is 0 Å². The summed E-state index contributed by atoms with van der Waals surface area (Å²) in [6.07, 6.45) is 0.673. The zero-order valence-corrected chi connectivity index (χ0v) is 19.6. The van der Waals surface area contributed by atoms with Gasteiger partial charge < -0.3 is 14.8 Å². The molecule has 10 nitrogen and oxygen atoms in total. The number of carbonyl (C=O) groups is 3. The molecule has 1 amide bonds. The van der Waals surface area contributed by atoms with E-state index in [2.05, 4.69) is 15.1 Å². The molecule has 0 spiro atoms. The van der Waals surface area contributed by atoms with Crippen LogP contribution in [0.5, 0.6) is 0 Å². The maximum atomic E-state index is 13.0. The van der Waals surface area contributed by atoms with Crippen molar-refractivity contribution in [3.63, 3.8) is 0 Å². The Bertz CT molecular complexity index is 650. The van der Waals surface area contributed by atoms with Crippen molar-refractivity contribution in [2.45, 2.75) is 66.0 Å². The fourth-order valence-electron chi connectivity index (χ4n) is 2.73. The summed E-state index contributed by atoms with van der Waals surface area (Å²) in [7, 11) is -2.68. The monoisotopic (exact) mass is 450 g/mol. The van der Waals surface area contributed by atoms with Crippen molar-refractivity contribution >= 4 is 25.6 Å². The lowest BCUT2D eigenvalue weighted by Gasteiger charge is -2.40. The highest BCUT2D eigenvalue weighted by Gasteiger charge is 2.49. The molecule has 11 heteroatoms. The Morgan fingerprint density at radius 3 is 2.43 bits per heavy atom. The normalized spacial score (nSPS) is 24.2. The average Bonchev–Trinajstić information content (AvgIpc) is 2.70. The van der Waals surface area contributed by atoms with Gasteiger partial charge >= 0.3 is 19.7 Å². The van der Waals surface area contributed by atoms with E-state index in [1.807, 2.05) is 13.8 Å². The molecule has 1 aliphatic heterocycles. The zero-order valence-electron chi connectivity index (χ0n) is 18.7. The molecule has 1 rings (SSSR count). The van der Waals surface area contributed by atoms with Crippen molar-refractivity contribution in [3.05, 3.63) is 0 Å². The number of hydrogen-bond acceptors (Lipinski definition) is 8. The molecule has 1 aliphatic rings. The number of carbonyl (C=O) groups excluding carboxylic acids is 3. The van der Waals surface area contributed by atoms with Gasteiger partial charge in [-0.2, -0.15) is 0 Å². The summed E-state index contributed by atoms with van der Waals surface area (Å²) in [6, 6.07) is -0.950. The van der Waals surface area contributed by atoms with Gasteiger partial charge in [0, 0.05) is 12.0 Å². The molecule has 0 saturated carbocycles. The lowest BCUT2D eigenvalue weighted by molar-refractivity contribution is -0.147. The number of nitrogens with one attached hydrogen (secondary N) is 2. The fourth-order valence-corrected chi connectivity index (χ4v) is 4.67. The first-order valence-corrected chi connectivity index (χ1v) is 11.7. The Balaban J connectivity index is 2.70. The summed E-state index contributed by atoms with van der Waals surface area (Å²) in [6.45, 7) is 9.30. The number of methoxy groups -OCH3 is 1. The van der Waals surface area contributed by atoms with Gasteiger partial charge in [0.05, 0.1) is 26.7 Å². The Labute approximate surface area is 178 Å². The summed E-state index contributed by atoms with van der Waals surface area (Å²) >= 11 is 0. The van der Waals surface area contributed by atoms with E-state index in [9.17, 15) is 18.9 Å². The average molecular weight is 450 g/mol. The molecule has 1 saturated heterocycles. The summed E-state index contributed by atoms with van der Waals surface area (Å²) in [5, 5.41) is 5.12. The molecule has 0 aromatic rings. The van der Waals surface area contributed by atoms with Crippen LogP contribution in [-0.4, -0.2) is 56.9 Å². The zero-order chi connectivity index (χ0) is 22.9. The molecule has 30 heavy (non-hydrogen) atoms. The van der Waals surface area contributed by atoms with E-state index in [0.717, 1.165) is 12.8 Å². The van der Waals surface area contributed by atoms with Gasteiger partial charge in [-0.1, -0.05) is 40.5 Å². The third-order valence-corrected chi connectivity index (χ3v) is 6.64. The number of hydrogen-bond donors (Lipinski definition) is 2. The van der Waals surface area contributed by atoms with Crippen molar-refractivity contribution in [2.75, 3.05) is 26.9 Å². The molecular weight excluding hydrogens is 415 g/mol. The Kier molecular flexibility index (Phi) is 10.4. The van der Waals surface area contributed by atoms with E-state index in [0.29, 0.717) is 0 Å². The second kappa shape index (κ2) is 11.8. The van der Waals surface area contributed by atoms with Crippen LogP contribution >= 0.6 is 7.75 Å². The van der Waals surface area contributed by atoms with Crippen molar-refractivity contribution in [1.82, 2.24) is 10.4 Å². The number of amides is 1. The van der Waals surface area contributed by atoms with Crippen molar-refractivity contribution in [3.8, 4) is 0 Å². The summed E-state index contributed by atoms with van der Waals surface area (Å²) in [5.41, 5.74) is -0.774. The van der Waals surface area contributed by atoms with Gasteiger partial charge in [-0.3, -0.25) is 23.4 Å². The highest BCUT2D eigenvalue weighted by Crippen LogP contribution is 2.53.